The van der Waals surface area contributed by atoms with Gasteiger partial charge in [0.05, 0.1) is 0 Å². The maximum Gasteiger partial charge on any atom is 0.232 e. The van der Waals surface area contributed by atoms with E-state index >= 15 is 0 Å². The van der Waals surface area contributed by atoms with Crippen LogP contribution in [0, 0.1) is 0 Å². The van der Waals surface area contributed by atoms with Crippen molar-refractivity contribution in [2.75, 3.05) is 5.73 Å². The van der Waals surface area contributed by atoms with Crippen molar-refractivity contribution in [2.45, 2.75) is 19.8 Å². The molecule has 0 bridgehead atoms. The number of hydrogen-bond donors (Lipinski definition) is 1. The van der Waals surface area contributed by atoms with Crippen molar-refractivity contribution in [1.29, 1.82) is 0 Å². The molecule has 0 saturated heterocycles. The summed E-state index contributed by atoms with van der Waals surface area (Å²) in [7, 11) is 0. The minimum atomic E-state index is 0.350. The molecule has 0 unspecified atom stereocenters. The normalized spacial score (nSPS) is 10.9. The molecule has 15 heavy (non-hydrogen) atoms. The first-order chi connectivity index (χ1) is 7.16. The molecular weight excluding hydrogens is 206 g/mol. The zero-order chi connectivity index (χ0) is 10.8. The summed E-state index contributed by atoms with van der Waals surface area (Å²) in [6, 6.07) is 8.37. The molecule has 0 radical (unpaired) electrons. The zero-order valence-electron chi connectivity index (χ0n) is 8.77. The fourth-order valence-electron chi connectivity index (χ4n) is 1.36. The Morgan fingerprint density at radius 1 is 1.20 bits per heavy atom. The Bertz CT molecular complexity index is 445. The van der Waals surface area contributed by atoms with Crippen LogP contribution in [0.5, 0.6) is 0 Å². The molecule has 4 heteroatoms. The van der Waals surface area contributed by atoms with Crippen molar-refractivity contribution in [3.05, 3.63) is 29.8 Å². The molecule has 3 nitrogen and oxygen atoms in total. The lowest BCUT2D eigenvalue weighted by molar-refractivity contribution is 0.867. The Hall–Kier alpha value is -1.42. The Balaban J connectivity index is 2.31. The van der Waals surface area contributed by atoms with E-state index in [4.69, 9.17) is 5.73 Å². The lowest BCUT2D eigenvalue weighted by atomic mass is 10.0. The van der Waals surface area contributed by atoms with Crippen LogP contribution < -0.4 is 5.73 Å². The van der Waals surface area contributed by atoms with Gasteiger partial charge >= 0.3 is 0 Å². The van der Waals surface area contributed by atoms with Crippen LogP contribution in [0.1, 0.15) is 25.3 Å². The van der Waals surface area contributed by atoms with Gasteiger partial charge in [0.15, 0.2) is 0 Å². The van der Waals surface area contributed by atoms with Gasteiger partial charge in [0.1, 0.15) is 5.01 Å². The Kier molecular flexibility index (Phi) is 2.68. The molecule has 2 aromatic rings. The quantitative estimate of drug-likeness (QED) is 0.845. The van der Waals surface area contributed by atoms with Crippen LogP contribution in [0.2, 0.25) is 0 Å². The smallest absolute Gasteiger partial charge is 0.232 e. The number of hydrogen-bond acceptors (Lipinski definition) is 4. The second-order valence-electron chi connectivity index (χ2n) is 3.73. The van der Waals surface area contributed by atoms with Crippen molar-refractivity contribution in [3.63, 3.8) is 0 Å². The van der Waals surface area contributed by atoms with Gasteiger partial charge < -0.3 is 5.73 Å². The third kappa shape index (κ3) is 2.15. The number of benzene rings is 1. The van der Waals surface area contributed by atoms with E-state index in [-0.39, 0.29) is 0 Å². The number of nitrogens with zero attached hydrogens (tertiary/aromatic N) is 2. The minimum Gasteiger partial charge on any atom is -0.367 e. The van der Waals surface area contributed by atoms with E-state index < -0.39 is 0 Å². The average Bonchev–Trinajstić information content (AvgIpc) is 2.65. The van der Waals surface area contributed by atoms with E-state index in [2.05, 4.69) is 47.5 Å². The van der Waals surface area contributed by atoms with E-state index in [9.17, 15) is 0 Å². The first kappa shape index (κ1) is 10.1. The van der Waals surface area contributed by atoms with Crippen LogP contribution in [0.15, 0.2) is 24.3 Å². The predicted molar refractivity (Wildman–Crippen MR) is 63.8 cm³/mol. The lowest BCUT2D eigenvalue weighted by Gasteiger charge is -2.04. The molecule has 0 atom stereocenters. The Morgan fingerprint density at radius 3 is 2.33 bits per heavy atom. The number of nitrogens with two attached hydrogens (primary N) is 1. The summed E-state index contributed by atoms with van der Waals surface area (Å²) in [4.78, 5) is 4.14. The molecule has 2 N–H and O–H groups in total. The third-order valence-electron chi connectivity index (χ3n) is 2.27. The highest BCUT2D eigenvalue weighted by Gasteiger charge is 2.04. The third-order valence-corrected chi connectivity index (χ3v) is 3.04. The molecule has 1 aromatic carbocycles. The van der Waals surface area contributed by atoms with Crippen molar-refractivity contribution in [1.82, 2.24) is 9.36 Å². The maximum absolute atomic E-state index is 5.48. The standard InChI is InChI=1S/C11H13N3S/c1-7(2)8-3-5-9(6-4-8)10-13-11(12)14-15-10/h3-7H,1-2H3,(H2,12,14). The highest BCUT2D eigenvalue weighted by molar-refractivity contribution is 7.09. The highest BCUT2D eigenvalue weighted by atomic mass is 32.1. The molecule has 1 heterocycles. The summed E-state index contributed by atoms with van der Waals surface area (Å²) in [5.74, 6) is 0.904. The fraction of sp³-hybridized carbons (Fsp3) is 0.273. The molecule has 0 spiro atoms. The number of aromatic nitrogens is 2. The van der Waals surface area contributed by atoms with E-state index in [0.29, 0.717) is 11.9 Å². The average molecular weight is 219 g/mol. The van der Waals surface area contributed by atoms with E-state index in [1.54, 1.807) is 0 Å². The number of nitrogen functional groups attached to an aromatic ring is 1. The summed E-state index contributed by atoms with van der Waals surface area (Å²) >= 11 is 1.33. The monoisotopic (exact) mass is 219 g/mol. The fourth-order valence-corrected chi connectivity index (χ4v) is 1.96. The molecule has 0 amide bonds. The molecule has 0 saturated carbocycles. The van der Waals surface area contributed by atoms with Gasteiger partial charge in [0.25, 0.3) is 0 Å². The molecule has 0 aliphatic heterocycles. The summed E-state index contributed by atoms with van der Waals surface area (Å²) < 4.78 is 3.96. The predicted octanol–water partition coefficient (Wildman–Crippen LogP) is 2.91. The molecule has 1 aromatic heterocycles. The second-order valence-corrected chi connectivity index (χ2v) is 4.49. The van der Waals surface area contributed by atoms with Crippen LogP contribution in [-0.4, -0.2) is 9.36 Å². The van der Waals surface area contributed by atoms with Gasteiger partial charge in [-0.05, 0) is 23.0 Å². The van der Waals surface area contributed by atoms with Crippen LogP contribution >= 0.6 is 11.5 Å². The maximum atomic E-state index is 5.48. The summed E-state index contributed by atoms with van der Waals surface area (Å²) in [5.41, 5.74) is 7.89. The van der Waals surface area contributed by atoms with Gasteiger partial charge in [-0.15, -0.1) is 0 Å². The van der Waals surface area contributed by atoms with Gasteiger partial charge in [-0.2, -0.15) is 9.36 Å². The molecule has 0 aliphatic rings. The molecular formula is C11H13N3S. The van der Waals surface area contributed by atoms with Gasteiger partial charge in [-0.1, -0.05) is 38.1 Å². The largest absolute Gasteiger partial charge is 0.367 e. The Morgan fingerprint density at radius 2 is 1.87 bits per heavy atom. The van der Waals surface area contributed by atoms with Gasteiger partial charge in [0, 0.05) is 5.56 Å². The van der Waals surface area contributed by atoms with Crippen molar-refractivity contribution < 1.29 is 0 Å². The van der Waals surface area contributed by atoms with E-state index in [1.807, 2.05) is 0 Å². The molecule has 2 rings (SSSR count). The molecule has 0 fully saturated rings. The molecule has 0 aliphatic carbocycles. The van der Waals surface area contributed by atoms with Gasteiger partial charge in [-0.3, -0.25) is 0 Å². The topological polar surface area (TPSA) is 51.8 Å². The lowest BCUT2D eigenvalue weighted by Crippen LogP contribution is -1.87. The van der Waals surface area contributed by atoms with E-state index in [0.717, 1.165) is 10.6 Å². The highest BCUT2D eigenvalue weighted by Crippen LogP contribution is 2.24. The summed E-state index contributed by atoms with van der Waals surface area (Å²) in [6.45, 7) is 4.36. The zero-order valence-corrected chi connectivity index (χ0v) is 9.58. The number of anilines is 1. The van der Waals surface area contributed by atoms with Crippen molar-refractivity contribution in [2.24, 2.45) is 0 Å². The SMILES string of the molecule is CC(C)c1ccc(-c2nc(N)ns2)cc1. The van der Waals surface area contributed by atoms with E-state index in [1.165, 1.54) is 17.1 Å². The second kappa shape index (κ2) is 3.98. The summed E-state index contributed by atoms with van der Waals surface area (Å²) in [5, 5.41) is 0.878. The number of rotatable bonds is 2. The first-order valence-electron chi connectivity index (χ1n) is 4.86. The van der Waals surface area contributed by atoms with Gasteiger partial charge in [-0.25, -0.2) is 0 Å². The van der Waals surface area contributed by atoms with Crippen molar-refractivity contribution >= 4 is 17.5 Å². The van der Waals surface area contributed by atoms with Crippen LogP contribution in [0.4, 0.5) is 5.95 Å². The molecule has 78 valence electrons. The summed E-state index contributed by atoms with van der Waals surface area (Å²) in [6.07, 6.45) is 0. The van der Waals surface area contributed by atoms with Crippen LogP contribution in [0.25, 0.3) is 10.6 Å². The van der Waals surface area contributed by atoms with Crippen LogP contribution in [0.3, 0.4) is 0 Å². The minimum absolute atomic E-state index is 0.350. The van der Waals surface area contributed by atoms with Gasteiger partial charge in [0.2, 0.25) is 5.95 Å². The van der Waals surface area contributed by atoms with Crippen LogP contribution in [-0.2, 0) is 0 Å². The first-order valence-corrected chi connectivity index (χ1v) is 5.63. The Labute approximate surface area is 93.1 Å². The van der Waals surface area contributed by atoms with Crippen molar-refractivity contribution in [3.8, 4) is 10.6 Å².